The topological polar surface area (TPSA) is 107 Å². The van der Waals surface area contributed by atoms with Gasteiger partial charge < -0.3 is 25.2 Å². The van der Waals surface area contributed by atoms with Crippen LogP contribution in [0, 0.1) is 11.8 Å². The highest BCUT2D eigenvalue weighted by Crippen LogP contribution is 2.31. The minimum atomic E-state index is -0.624. The quantitative estimate of drug-likeness (QED) is 0.248. The molecule has 0 unspecified atom stereocenters. The van der Waals surface area contributed by atoms with Crippen LogP contribution in [0.15, 0.2) is 60.7 Å². The number of hydrogen-bond acceptors (Lipinski definition) is 6. The fraction of sp³-hybridized carbons (Fsp3) is 0.240. The molecular formula is C25H26O6. The summed E-state index contributed by atoms with van der Waals surface area (Å²) in [7, 11) is 0. The van der Waals surface area contributed by atoms with Gasteiger partial charge in [0.05, 0.1) is 5.56 Å². The van der Waals surface area contributed by atoms with E-state index in [4.69, 9.17) is 4.74 Å². The fourth-order valence-corrected chi connectivity index (χ4v) is 3.37. The molecule has 0 heterocycles. The Labute approximate surface area is 181 Å². The first-order chi connectivity index (χ1) is 14.7. The Morgan fingerprint density at radius 2 is 1.29 bits per heavy atom. The van der Waals surface area contributed by atoms with E-state index in [0.29, 0.717) is 6.42 Å². The van der Waals surface area contributed by atoms with Crippen molar-refractivity contribution in [1.82, 2.24) is 0 Å². The van der Waals surface area contributed by atoms with Gasteiger partial charge in [-0.1, -0.05) is 26.0 Å². The Bertz CT molecular complexity index is 1060. The smallest absolute Gasteiger partial charge is 0.343 e. The molecule has 0 radical (unpaired) electrons. The molecule has 3 aromatic carbocycles. The van der Waals surface area contributed by atoms with Crippen LogP contribution in [0.25, 0.3) is 0 Å². The first-order valence-electron chi connectivity index (χ1n) is 10.1. The van der Waals surface area contributed by atoms with Crippen molar-refractivity contribution in [3.8, 4) is 28.7 Å². The van der Waals surface area contributed by atoms with Gasteiger partial charge in [0.25, 0.3) is 0 Å². The fourth-order valence-electron chi connectivity index (χ4n) is 3.37. The van der Waals surface area contributed by atoms with Crippen molar-refractivity contribution in [1.29, 1.82) is 0 Å². The molecule has 0 bridgehead atoms. The number of hydrogen-bond donors (Lipinski definition) is 4. The molecule has 31 heavy (non-hydrogen) atoms. The third kappa shape index (κ3) is 5.69. The molecule has 4 N–H and O–H groups in total. The molecule has 0 aromatic heterocycles. The van der Waals surface area contributed by atoms with Crippen molar-refractivity contribution in [2.45, 2.75) is 26.7 Å². The summed E-state index contributed by atoms with van der Waals surface area (Å²) in [6.07, 6.45) is 1.44. The summed E-state index contributed by atoms with van der Waals surface area (Å²) >= 11 is 0. The number of phenolic OH excluding ortho intramolecular Hbond substituents is 4. The SMILES string of the molecule is C[C@H](Cc1ccc(O)c(O)c1)[C@H](C)Cc1ccc(O)c(OC(=O)c2ccc(O)cc2)c1. The van der Waals surface area contributed by atoms with Crippen molar-refractivity contribution in [2.24, 2.45) is 11.8 Å². The van der Waals surface area contributed by atoms with E-state index in [-0.39, 0.29) is 46.1 Å². The van der Waals surface area contributed by atoms with Gasteiger partial charge in [0, 0.05) is 0 Å². The maximum atomic E-state index is 12.3. The zero-order chi connectivity index (χ0) is 22.5. The van der Waals surface area contributed by atoms with E-state index in [1.807, 2.05) is 0 Å². The van der Waals surface area contributed by atoms with Gasteiger partial charge >= 0.3 is 5.97 Å². The van der Waals surface area contributed by atoms with Crippen molar-refractivity contribution in [2.75, 3.05) is 0 Å². The maximum absolute atomic E-state index is 12.3. The van der Waals surface area contributed by atoms with E-state index < -0.39 is 5.97 Å². The van der Waals surface area contributed by atoms with E-state index in [1.54, 1.807) is 24.3 Å². The lowest BCUT2D eigenvalue weighted by molar-refractivity contribution is 0.0729. The molecule has 3 aromatic rings. The van der Waals surface area contributed by atoms with Crippen LogP contribution in [-0.2, 0) is 12.8 Å². The molecule has 162 valence electrons. The number of phenols is 4. The van der Waals surface area contributed by atoms with Gasteiger partial charge in [0.15, 0.2) is 23.0 Å². The zero-order valence-corrected chi connectivity index (χ0v) is 17.4. The van der Waals surface area contributed by atoms with Gasteiger partial charge in [-0.25, -0.2) is 4.79 Å². The Morgan fingerprint density at radius 3 is 1.87 bits per heavy atom. The van der Waals surface area contributed by atoms with Crippen LogP contribution >= 0.6 is 0 Å². The lowest BCUT2D eigenvalue weighted by Crippen LogP contribution is -2.14. The summed E-state index contributed by atoms with van der Waals surface area (Å²) in [5, 5.41) is 38.6. The minimum Gasteiger partial charge on any atom is -0.508 e. The lowest BCUT2D eigenvalue weighted by Gasteiger charge is -2.21. The molecule has 0 saturated carbocycles. The summed E-state index contributed by atoms with van der Waals surface area (Å²) in [6, 6.07) is 15.5. The van der Waals surface area contributed by atoms with E-state index >= 15 is 0 Å². The van der Waals surface area contributed by atoms with Crippen LogP contribution < -0.4 is 4.74 Å². The van der Waals surface area contributed by atoms with Crippen molar-refractivity contribution < 1.29 is 30.0 Å². The highest BCUT2D eigenvalue weighted by molar-refractivity contribution is 5.91. The summed E-state index contributed by atoms with van der Waals surface area (Å²) in [6.45, 7) is 4.22. The van der Waals surface area contributed by atoms with Crippen LogP contribution in [0.4, 0.5) is 0 Å². The van der Waals surface area contributed by atoms with Crippen LogP contribution in [0.2, 0.25) is 0 Å². The molecule has 3 rings (SSSR count). The number of carbonyl (C=O) groups is 1. The average molecular weight is 422 g/mol. The van der Waals surface area contributed by atoms with Gasteiger partial charge in [-0.3, -0.25) is 0 Å². The number of carbonyl (C=O) groups excluding carboxylic acids is 1. The summed E-state index contributed by atoms with van der Waals surface area (Å²) in [4.78, 5) is 12.3. The molecule has 0 saturated heterocycles. The lowest BCUT2D eigenvalue weighted by atomic mass is 9.85. The molecule has 6 nitrogen and oxygen atoms in total. The number of ether oxygens (including phenoxy) is 1. The molecule has 0 aliphatic heterocycles. The van der Waals surface area contributed by atoms with Crippen LogP contribution in [0.1, 0.15) is 35.3 Å². The molecule has 0 amide bonds. The van der Waals surface area contributed by atoms with Gasteiger partial charge in [0.1, 0.15) is 5.75 Å². The standard InChI is InChI=1S/C25H26O6/c1-15(11-17-3-9-21(27)23(29)13-17)16(2)12-18-4-10-22(28)24(14-18)31-25(30)19-5-7-20(26)8-6-19/h3-10,13-16,26-29H,11-12H2,1-2H3/t15-,16-/m1/s1. The Morgan fingerprint density at radius 1 is 0.742 bits per heavy atom. The number of aromatic hydroxyl groups is 4. The predicted octanol–water partition coefficient (Wildman–Crippen LogP) is 4.79. The normalized spacial score (nSPS) is 12.8. The van der Waals surface area contributed by atoms with Gasteiger partial charge in [-0.15, -0.1) is 0 Å². The first kappa shape index (κ1) is 22.0. The third-order valence-electron chi connectivity index (χ3n) is 5.46. The Balaban J connectivity index is 1.66. The van der Waals surface area contributed by atoms with Crippen molar-refractivity contribution in [3.05, 3.63) is 77.4 Å². The third-order valence-corrected chi connectivity index (χ3v) is 5.46. The van der Waals surface area contributed by atoms with Crippen molar-refractivity contribution >= 4 is 5.97 Å². The van der Waals surface area contributed by atoms with E-state index in [0.717, 1.165) is 17.5 Å². The molecule has 2 atom stereocenters. The van der Waals surface area contributed by atoms with Crippen LogP contribution in [0.5, 0.6) is 28.7 Å². The molecule has 0 spiro atoms. The highest BCUT2D eigenvalue weighted by atomic mass is 16.5. The molecule has 6 heteroatoms. The number of rotatable bonds is 7. The second-order valence-corrected chi connectivity index (χ2v) is 7.92. The summed E-state index contributed by atoms with van der Waals surface area (Å²) < 4.78 is 5.35. The summed E-state index contributed by atoms with van der Waals surface area (Å²) in [5.41, 5.74) is 2.12. The first-order valence-corrected chi connectivity index (χ1v) is 10.1. The van der Waals surface area contributed by atoms with E-state index in [2.05, 4.69) is 13.8 Å². The van der Waals surface area contributed by atoms with Gasteiger partial charge in [0.2, 0.25) is 0 Å². The van der Waals surface area contributed by atoms with Crippen molar-refractivity contribution in [3.63, 3.8) is 0 Å². The highest BCUT2D eigenvalue weighted by Gasteiger charge is 2.17. The molecule has 0 aliphatic rings. The summed E-state index contributed by atoms with van der Waals surface area (Å²) in [5.74, 6) is -0.344. The van der Waals surface area contributed by atoms with E-state index in [9.17, 15) is 25.2 Å². The molecule has 0 fully saturated rings. The largest absolute Gasteiger partial charge is 0.508 e. The zero-order valence-electron chi connectivity index (χ0n) is 17.4. The van der Waals surface area contributed by atoms with Crippen LogP contribution in [-0.4, -0.2) is 26.4 Å². The maximum Gasteiger partial charge on any atom is 0.343 e. The second-order valence-electron chi connectivity index (χ2n) is 7.92. The predicted molar refractivity (Wildman–Crippen MR) is 117 cm³/mol. The minimum absolute atomic E-state index is 0.0482. The number of esters is 1. The average Bonchev–Trinajstić information content (AvgIpc) is 2.73. The van der Waals surface area contributed by atoms with Crippen LogP contribution in [0.3, 0.4) is 0 Å². The van der Waals surface area contributed by atoms with Gasteiger partial charge in [-0.2, -0.15) is 0 Å². The molecule has 0 aliphatic carbocycles. The molecular weight excluding hydrogens is 396 g/mol. The van der Waals surface area contributed by atoms with Gasteiger partial charge in [-0.05, 0) is 84.3 Å². The second kappa shape index (κ2) is 9.43. The Kier molecular flexibility index (Phi) is 6.70. The van der Waals surface area contributed by atoms with E-state index in [1.165, 1.54) is 36.4 Å². The number of benzene rings is 3. The monoisotopic (exact) mass is 422 g/mol. The Hall–Kier alpha value is -3.67.